The fourth-order valence-electron chi connectivity index (χ4n) is 3.51. The van der Waals surface area contributed by atoms with Gasteiger partial charge in [0.1, 0.15) is 0 Å². The monoisotopic (exact) mass is 245 g/mol. The molecule has 1 aromatic carbocycles. The van der Waals surface area contributed by atoms with E-state index in [0.29, 0.717) is 11.6 Å². The van der Waals surface area contributed by atoms with Gasteiger partial charge < -0.3 is 10.4 Å². The Kier molecular flexibility index (Phi) is 3.08. The van der Waals surface area contributed by atoms with Crippen molar-refractivity contribution in [3.05, 3.63) is 35.4 Å². The molecule has 2 saturated carbocycles. The maximum atomic E-state index is 10.8. The largest absolute Gasteiger partial charge is 0.478 e. The lowest BCUT2D eigenvalue weighted by Gasteiger charge is -2.23. The van der Waals surface area contributed by atoms with Gasteiger partial charge in [-0.2, -0.15) is 0 Å². The summed E-state index contributed by atoms with van der Waals surface area (Å²) in [7, 11) is 0. The number of aromatic carboxylic acids is 1. The summed E-state index contributed by atoms with van der Waals surface area (Å²) >= 11 is 0. The molecule has 0 amide bonds. The van der Waals surface area contributed by atoms with Crippen LogP contribution < -0.4 is 5.32 Å². The molecule has 18 heavy (non-hydrogen) atoms. The second-order valence-electron chi connectivity index (χ2n) is 5.66. The van der Waals surface area contributed by atoms with Crippen LogP contribution in [0.25, 0.3) is 0 Å². The average Bonchev–Trinajstić information content (AvgIpc) is 2.99. The summed E-state index contributed by atoms with van der Waals surface area (Å²) in [5.41, 5.74) is 1.53. The van der Waals surface area contributed by atoms with E-state index < -0.39 is 5.97 Å². The number of carboxylic acids is 1. The van der Waals surface area contributed by atoms with Crippen LogP contribution in [0.5, 0.6) is 0 Å². The van der Waals surface area contributed by atoms with Gasteiger partial charge in [0, 0.05) is 12.6 Å². The third kappa shape index (κ3) is 2.27. The Morgan fingerprint density at radius 1 is 1.22 bits per heavy atom. The Labute approximate surface area is 107 Å². The van der Waals surface area contributed by atoms with Crippen LogP contribution in [-0.2, 0) is 6.54 Å². The van der Waals surface area contributed by atoms with E-state index in [0.717, 1.165) is 18.4 Å². The van der Waals surface area contributed by atoms with E-state index in [9.17, 15) is 4.79 Å². The first-order valence-electron chi connectivity index (χ1n) is 6.78. The molecule has 0 aromatic heterocycles. The van der Waals surface area contributed by atoms with Crippen molar-refractivity contribution in [2.75, 3.05) is 0 Å². The highest BCUT2D eigenvalue weighted by molar-refractivity contribution is 5.87. The molecule has 3 unspecified atom stereocenters. The zero-order chi connectivity index (χ0) is 12.5. The highest BCUT2D eigenvalue weighted by atomic mass is 16.4. The average molecular weight is 245 g/mol. The molecule has 3 atom stereocenters. The normalized spacial score (nSPS) is 29.7. The zero-order valence-corrected chi connectivity index (χ0v) is 10.4. The Hall–Kier alpha value is -1.35. The van der Waals surface area contributed by atoms with Crippen molar-refractivity contribution >= 4 is 5.97 Å². The van der Waals surface area contributed by atoms with Crippen molar-refractivity contribution < 1.29 is 9.90 Å². The van der Waals surface area contributed by atoms with Gasteiger partial charge in [-0.1, -0.05) is 18.6 Å². The van der Waals surface area contributed by atoms with Gasteiger partial charge in [0.2, 0.25) is 0 Å². The van der Waals surface area contributed by atoms with E-state index in [1.807, 2.05) is 12.1 Å². The van der Waals surface area contributed by atoms with E-state index in [-0.39, 0.29) is 0 Å². The highest BCUT2D eigenvalue weighted by Gasteiger charge is 2.38. The summed E-state index contributed by atoms with van der Waals surface area (Å²) in [6.07, 6.45) is 5.56. The first-order valence-corrected chi connectivity index (χ1v) is 6.78. The Balaban J connectivity index is 1.55. The van der Waals surface area contributed by atoms with Crippen LogP contribution in [0.2, 0.25) is 0 Å². The summed E-state index contributed by atoms with van der Waals surface area (Å²) < 4.78 is 0. The smallest absolute Gasteiger partial charge is 0.335 e. The second kappa shape index (κ2) is 4.73. The van der Waals surface area contributed by atoms with E-state index in [4.69, 9.17) is 5.11 Å². The van der Waals surface area contributed by atoms with Gasteiger partial charge in [0.15, 0.2) is 0 Å². The molecule has 3 heteroatoms. The van der Waals surface area contributed by atoms with Gasteiger partial charge in [-0.3, -0.25) is 0 Å². The van der Waals surface area contributed by atoms with Gasteiger partial charge >= 0.3 is 5.97 Å². The van der Waals surface area contributed by atoms with E-state index in [1.165, 1.54) is 31.2 Å². The number of carboxylic acid groups (broad SMARTS) is 1. The molecule has 3 nitrogen and oxygen atoms in total. The molecule has 2 bridgehead atoms. The summed E-state index contributed by atoms with van der Waals surface area (Å²) in [6.45, 7) is 0.855. The molecule has 96 valence electrons. The molecule has 2 aliphatic rings. The maximum Gasteiger partial charge on any atom is 0.335 e. The lowest BCUT2D eigenvalue weighted by molar-refractivity contribution is 0.0697. The van der Waals surface area contributed by atoms with Crippen LogP contribution in [-0.4, -0.2) is 17.1 Å². The minimum atomic E-state index is -0.859. The van der Waals surface area contributed by atoms with Crippen molar-refractivity contribution in [2.45, 2.75) is 38.3 Å². The Morgan fingerprint density at radius 3 is 2.56 bits per heavy atom. The maximum absolute atomic E-state index is 10.8. The third-order valence-electron chi connectivity index (χ3n) is 4.51. The molecule has 0 aliphatic heterocycles. The molecule has 2 aliphatic carbocycles. The van der Waals surface area contributed by atoms with Crippen LogP contribution in [0.15, 0.2) is 24.3 Å². The van der Waals surface area contributed by atoms with Gasteiger partial charge in [0.25, 0.3) is 0 Å². The van der Waals surface area contributed by atoms with Gasteiger partial charge in [-0.25, -0.2) is 4.79 Å². The van der Waals surface area contributed by atoms with Crippen LogP contribution in [0.3, 0.4) is 0 Å². The van der Waals surface area contributed by atoms with Crippen LogP contribution >= 0.6 is 0 Å². The number of carbonyl (C=O) groups is 1. The number of hydrogen-bond acceptors (Lipinski definition) is 2. The quantitative estimate of drug-likeness (QED) is 0.857. The summed E-state index contributed by atoms with van der Waals surface area (Å²) in [5.74, 6) is 0.984. The molecule has 3 rings (SSSR count). The van der Waals surface area contributed by atoms with E-state index in [1.54, 1.807) is 12.1 Å². The molecular formula is C15H19NO2. The summed E-state index contributed by atoms with van der Waals surface area (Å²) in [4.78, 5) is 10.8. The number of nitrogens with one attached hydrogen (secondary N) is 1. The highest BCUT2D eigenvalue weighted by Crippen LogP contribution is 2.44. The minimum absolute atomic E-state index is 0.360. The first kappa shape index (κ1) is 11.7. The van der Waals surface area contributed by atoms with Crippen LogP contribution in [0.4, 0.5) is 0 Å². The Morgan fingerprint density at radius 2 is 2.00 bits per heavy atom. The predicted molar refractivity (Wildman–Crippen MR) is 69.5 cm³/mol. The van der Waals surface area contributed by atoms with Gasteiger partial charge in [0.05, 0.1) is 5.56 Å². The van der Waals surface area contributed by atoms with Crippen molar-refractivity contribution in [1.29, 1.82) is 0 Å². The van der Waals surface area contributed by atoms with Crippen molar-refractivity contribution in [3.8, 4) is 0 Å². The topological polar surface area (TPSA) is 49.3 Å². The van der Waals surface area contributed by atoms with Gasteiger partial charge in [-0.05, 0) is 48.8 Å². The van der Waals surface area contributed by atoms with Crippen LogP contribution in [0, 0.1) is 11.8 Å². The third-order valence-corrected chi connectivity index (χ3v) is 4.51. The van der Waals surface area contributed by atoms with E-state index in [2.05, 4.69) is 5.32 Å². The van der Waals surface area contributed by atoms with Crippen molar-refractivity contribution in [3.63, 3.8) is 0 Å². The molecular weight excluding hydrogens is 226 g/mol. The Bertz CT molecular complexity index is 440. The van der Waals surface area contributed by atoms with Crippen molar-refractivity contribution in [2.24, 2.45) is 11.8 Å². The molecule has 0 radical (unpaired) electrons. The standard InChI is InChI=1S/C15H19NO2/c17-15(18)12-4-1-10(2-5-12)9-16-14-8-11-3-6-13(14)7-11/h1-2,4-5,11,13-14,16H,3,6-9H2,(H,17,18). The van der Waals surface area contributed by atoms with E-state index >= 15 is 0 Å². The fourth-order valence-corrected chi connectivity index (χ4v) is 3.51. The molecule has 0 spiro atoms. The van der Waals surface area contributed by atoms with Gasteiger partial charge in [-0.15, -0.1) is 0 Å². The second-order valence-corrected chi connectivity index (χ2v) is 5.66. The molecule has 0 saturated heterocycles. The number of benzene rings is 1. The van der Waals surface area contributed by atoms with Crippen molar-refractivity contribution in [1.82, 2.24) is 5.32 Å². The minimum Gasteiger partial charge on any atom is -0.478 e. The lowest BCUT2D eigenvalue weighted by atomic mass is 9.95. The lowest BCUT2D eigenvalue weighted by Crippen LogP contribution is -2.33. The zero-order valence-electron chi connectivity index (χ0n) is 10.4. The summed E-state index contributed by atoms with van der Waals surface area (Å²) in [6, 6.07) is 7.86. The summed E-state index contributed by atoms with van der Waals surface area (Å²) in [5, 5.41) is 12.5. The molecule has 2 N–H and O–H groups in total. The van der Waals surface area contributed by atoms with Crippen LogP contribution in [0.1, 0.15) is 41.6 Å². The SMILES string of the molecule is O=C(O)c1ccc(CNC2CC3CCC2C3)cc1. The molecule has 0 heterocycles. The fraction of sp³-hybridized carbons (Fsp3) is 0.533. The number of fused-ring (bicyclic) bond motifs is 2. The molecule has 1 aromatic rings. The predicted octanol–water partition coefficient (Wildman–Crippen LogP) is 2.66. The first-order chi connectivity index (χ1) is 8.72. The number of hydrogen-bond donors (Lipinski definition) is 2. The number of rotatable bonds is 4. The molecule has 2 fully saturated rings.